The van der Waals surface area contributed by atoms with Crippen molar-refractivity contribution < 1.29 is 0 Å². The first-order chi connectivity index (χ1) is 39.0. The standard InChI is InChI=1S/C73H59BN6/c1-72(2,3)50-33-37-54(38-34-50)77(55-39-35-51(36-40-55)73(4,5)6)56-41-42-62-65(44-56)78(52-22-9-7-10-23-52)66-45-57(79-63-30-17-15-27-60(63)61-28-16-18-31-64(61)79)46-67-69(66)74(62)70-71(80(67)53-24-11-8-12-25-53)76-47-49(32-43-68(76)75-70)59-29-19-21-48-20-13-14-26-58(48)59/h7-47H,1-6H3. The second kappa shape index (κ2) is 18.0. The Kier molecular flexibility index (Phi) is 10.7. The van der Waals surface area contributed by atoms with Gasteiger partial charge in [0.15, 0.2) is 0 Å². The molecule has 0 radical (unpaired) electrons. The zero-order valence-corrected chi connectivity index (χ0v) is 45.9. The number of rotatable bonds is 7. The molecule has 15 rings (SSSR count). The first-order valence-corrected chi connectivity index (χ1v) is 28.0. The molecule has 0 atom stereocenters. The lowest BCUT2D eigenvalue weighted by atomic mass is 9.35. The second-order valence-corrected chi connectivity index (χ2v) is 23.7. The van der Waals surface area contributed by atoms with E-state index in [1.165, 1.54) is 49.2 Å². The maximum Gasteiger partial charge on any atom is 0.277 e. The Balaban J connectivity index is 1.04. The van der Waals surface area contributed by atoms with Crippen LogP contribution in [0.3, 0.4) is 0 Å². The third kappa shape index (κ3) is 7.51. The van der Waals surface area contributed by atoms with E-state index < -0.39 is 0 Å². The highest BCUT2D eigenvalue weighted by Crippen LogP contribution is 2.48. The molecule has 5 heterocycles. The van der Waals surface area contributed by atoms with Gasteiger partial charge in [0.05, 0.1) is 22.3 Å². The summed E-state index contributed by atoms with van der Waals surface area (Å²) in [5.41, 5.74) is 21.3. The Labute approximate surface area is 468 Å². The van der Waals surface area contributed by atoms with Crippen molar-refractivity contribution in [3.63, 3.8) is 0 Å². The van der Waals surface area contributed by atoms with Gasteiger partial charge in [0, 0.05) is 62.5 Å². The summed E-state index contributed by atoms with van der Waals surface area (Å²) >= 11 is 0. The number of fused-ring (bicyclic) bond motifs is 10. The van der Waals surface area contributed by atoms with E-state index in [2.05, 4.69) is 314 Å². The maximum atomic E-state index is 5.80. The van der Waals surface area contributed by atoms with E-state index in [4.69, 9.17) is 4.98 Å². The zero-order valence-electron chi connectivity index (χ0n) is 45.9. The summed E-state index contributed by atoms with van der Waals surface area (Å²) in [6.07, 6.45) is 2.32. The number of aromatic nitrogens is 3. The van der Waals surface area contributed by atoms with Crippen LogP contribution in [0.15, 0.2) is 249 Å². The molecular weight excluding hydrogens is 972 g/mol. The Morgan fingerprint density at radius 3 is 1.56 bits per heavy atom. The van der Waals surface area contributed by atoms with Crippen LogP contribution in [0.1, 0.15) is 52.7 Å². The normalized spacial score (nSPS) is 13.1. The molecule has 0 unspecified atom stereocenters. The molecule has 0 saturated heterocycles. The van der Waals surface area contributed by atoms with Crippen molar-refractivity contribution in [2.45, 2.75) is 52.4 Å². The van der Waals surface area contributed by atoms with E-state index in [9.17, 15) is 0 Å². The first-order valence-electron chi connectivity index (χ1n) is 28.0. The predicted octanol–water partition coefficient (Wildman–Crippen LogP) is 17.4. The number of nitrogens with zero attached hydrogens (tertiary/aromatic N) is 6. The average molecular weight is 1030 g/mol. The molecule has 384 valence electrons. The molecule has 0 aliphatic carbocycles. The van der Waals surface area contributed by atoms with Gasteiger partial charge >= 0.3 is 0 Å². The molecule has 7 heteroatoms. The minimum Gasteiger partial charge on any atom is -0.311 e. The van der Waals surface area contributed by atoms with Crippen molar-refractivity contribution in [1.82, 2.24) is 14.0 Å². The van der Waals surface area contributed by atoms with Gasteiger partial charge in [-0.25, -0.2) is 4.98 Å². The minimum absolute atomic E-state index is 0.00833. The zero-order chi connectivity index (χ0) is 54.0. The second-order valence-electron chi connectivity index (χ2n) is 23.7. The van der Waals surface area contributed by atoms with Crippen LogP contribution < -0.4 is 31.2 Å². The number of hydrogen-bond acceptors (Lipinski definition) is 4. The number of benzene rings is 10. The third-order valence-electron chi connectivity index (χ3n) is 16.8. The van der Waals surface area contributed by atoms with Gasteiger partial charge in [-0.3, -0.25) is 9.30 Å². The van der Waals surface area contributed by atoms with Gasteiger partial charge in [0.25, 0.3) is 6.71 Å². The van der Waals surface area contributed by atoms with Crippen LogP contribution >= 0.6 is 0 Å². The molecular formula is C73H59BN6. The van der Waals surface area contributed by atoms with Gasteiger partial charge in [-0.1, -0.05) is 187 Å². The van der Waals surface area contributed by atoms with E-state index in [1.54, 1.807) is 0 Å². The highest BCUT2D eigenvalue weighted by Gasteiger charge is 2.47. The lowest BCUT2D eigenvalue weighted by Crippen LogP contribution is -2.62. The summed E-state index contributed by atoms with van der Waals surface area (Å²) in [4.78, 5) is 13.2. The lowest BCUT2D eigenvalue weighted by Gasteiger charge is -2.43. The van der Waals surface area contributed by atoms with Gasteiger partial charge < -0.3 is 14.4 Å². The predicted molar refractivity (Wildman–Crippen MR) is 339 cm³/mol. The van der Waals surface area contributed by atoms with Gasteiger partial charge in [-0.15, -0.1) is 0 Å². The summed E-state index contributed by atoms with van der Waals surface area (Å²) in [6.45, 7) is 13.5. The Hall–Kier alpha value is -9.59. The molecule has 2 aliphatic rings. The quantitative estimate of drug-likeness (QED) is 0.149. The van der Waals surface area contributed by atoms with Crippen molar-refractivity contribution >= 4 is 113 Å². The summed E-state index contributed by atoms with van der Waals surface area (Å²) in [7, 11) is 0. The smallest absolute Gasteiger partial charge is 0.277 e. The molecule has 0 saturated carbocycles. The lowest BCUT2D eigenvalue weighted by molar-refractivity contribution is 0.590. The molecule has 0 bridgehead atoms. The SMILES string of the molecule is CC(C)(C)c1ccc(N(c2ccc(C(C)(C)C)cc2)c2ccc3c(c2)N(c2ccccc2)c2cc(-n4c5ccccc5c5ccccc54)cc4c2B3c2nc3ccc(-c5cccc6ccccc56)cn3c2N4c2ccccc2)cc1. The Morgan fingerprint density at radius 2 is 0.950 bits per heavy atom. The maximum absolute atomic E-state index is 5.80. The van der Waals surface area contributed by atoms with Crippen LogP contribution in [-0.2, 0) is 10.8 Å². The summed E-state index contributed by atoms with van der Waals surface area (Å²) in [5, 5.41) is 4.87. The monoisotopic (exact) mass is 1030 g/mol. The molecule has 3 aromatic heterocycles. The molecule has 0 spiro atoms. The Morgan fingerprint density at radius 1 is 0.425 bits per heavy atom. The van der Waals surface area contributed by atoms with Crippen LogP contribution in [0.2, 0.25) is 0 Å². The van der Waals surface area contributed by atoms with Crippen molar-refractivity contribution in [3.8, 4) is 16.8 Å². The largest absolute Gasteiger partial charge is 0.311 e. The number of anilines is 9. The number of pyridine rings is 1. The highest BCUT2D eigenvalue weighted by atomic mass is 15.3. The van der Waals surface area contributed by atoms with E-state index in [-0.39, 0.29) is 17.5 Å². The molecule has 13 aromatic rings. The topological polar surface area (TPSA) is 32.0 Å². The van der Waals surface area contributed by atoms with Crippen LogP contribution in [0.5, 0.6) is 0 Å². The summed E-state index contributed by atoms with van der Waals surface area (Å²) in [5.74, 6) is 1.03. The summed E-state index contributed by atoms with van der Waals surface area (Å²) < 4.78 is 4.83. The number of imidazole rings is 1. The highest BCUT2D eigenvalue weighted by molar-refractivity contribution is 7.00. The fourth-order valence-corrected chi connectivity index (χ4v) is 12.9. The van der Waals surface area contributed by atoms with Crippen LogP contribution in [0, 0.1) is 0 Å². The van der Waals surface area contributed by atoms with Gasteiger partial charge in [0.1, 0.15) is 11.5 Å². The molecule has 10 aromatic carbocycles. The third-order valence-corrected chi connectivity index (χ3v) is 16.8. The molecule has 2 aliphatic heterocycles. The fourth-order valence-electron chi connectivity index (χ4n) is 12.9. The first kappa shape index (κ1) is 47.6. The molecule has 80 heavy (non-hydrogen) atoms. The molecule has 6 nitrogen and oxygen atoms in total. The van der Waals surface area contributed by atoms with Crippen LogP contribution in [0.25, 0.3) is 55.0 Å². The molecule has 0 fully saturated rings. The van der Waals surface area contributed by atoms with E-state index >= 15 is 0 Å². The van der Waals surface area contributed by atoms with Crippen LogP contribution in [0.4, 0.5) is 51.3 Å². The van der Waals surface area contributed by atoms with Gasteiger partial charge in [0.2, 0.25) is 0 Å². The van der Waals surface area contributed by atoms with Crippen LogP contribution in [-0.4, -0.2) is 20.7 Å². The fraction of sp³-hybridized carbons (Fsp3) is 0.110. The number of para-hydroxylation sites is 4. The van der Waals surface area contributed by atoms with Crippen molar-refractivity contribution in [2.75, 3.05) is 14.7 Å². The molecule has 0 amide bonds. The van der Waals surface area contributed by atoms with E-state index in [1.807, 2.05) is 0 Å². The average Bonchev–Trinajstić information content (AvgIpc) is 4.11. The van der Waals surface area contributed by atoms with Crippen molar-refractivity contribution in [1.29, 1.82) is 0 Å². The van der Waals surface area contributed by atoms with Crippen molar-refractivity contribution in [3.05, 3.63) is 260 Å². The van der Waals surface area contributed by atoms with Gasteiger partial charge in [-0.2, -0.15) is 0 Å². The number of hydrogen-bond donors (Lipinski definition) is 0. The Bertz CT molecular complexity index is 4450. The van der Waals surface area contributed by atoms with E-state index in [0.717, 1.165) is 84.8 Å². The summed E-state index contributed by atoms with van der Waals surface area (Å²) in [6, 6.07) is 89.7. The van der Waals surface area contributed by atoms with Gasteiger partial charge in [-0.05, 0) is 152 Å². The van der Waals surface area contributed by atoms with E-state index in [0.29, 0.717) is 0 Å². The molecule has 0 N–H and O–H groups in total. The van der Waals surface area contributed by atoms with Crippen molar-refractivity contribution in [2.24, 2.45) is 0 Å². The minimum atomic E-state index is -0.238.